The zero-order valence-corrected chi connectivity index (χ0v) is 14.2. The minimum absolute atomic E-state index is 0.0882. The monoisotopic (exact) mass is 325 g/mol. The number of hydrogen-bond donors (Lipinski definition) is 1. The van der Waals surface area contributed by atoms with E-state index >= 15 is 0 Å². The van der Waals surface area contributed by atoms with Gasteiger partial charge in [-0.25, -0.2) is 0 Å². The van der Waals surface area contributed by atoms with E-state index in [1.54, 1.807) is 4.90 Å². The van der Waals surface area contributed by atoms with Crippen LogP contribution in [0.25, 0.3) is 0 Å². The van der Waals surface area contributed by atoms with Crippen LogP contribution in [-0.2, 0) is 16.0 Å². The third kappa shape index (κ3) is 7.43. The van der Waals surface area contributed by atoms with Gasteiger partial charge in [0.25, 0.3) is 0 Å². The molecular weight excluding hydrogens is 302 g/mol. The predicted octanol–water partition coefficient (Wildman–Crippen LogP) is 1.41. The summed E-state index contributed by atoms with van der Waals surface area (Å²) in [5.41, 5.74) is 1.11. The Kier molecular flexibility index (Phi) is 7.91. The summed E-state index contributed by atoms with van der Waals surface area (Å²) in [6.45, 7) is 3.41. The van der Waals surface area contributed by atoms with Crippen molar-refractivity contribution in [3.05, 3.63) is 34.9 Å². The van der Waals surface area contributed by atoms with Gasteiger partial charge in [-0.3, -0.25) is 9.59 Å². The molecule has 0 radical (unpaired) electrons. The maximum absolute atomic E-state index is 11.9. The van der Waals surface area contributed by atoms with E-state index in [9.17, 15) is 9.59 Å². The van der Waals surface area contributed by atoms with Gasteiger partial charge >= 0.3 is 0 Å². The molecule has 0 aliphatic carbocycles. The van der Waals surface area contributed by atoms with Crippen LogP contribution in [0, 0.1) is 0 Å². The Morgan fingerprint density at radius 3 is 2.32 bits per heavy atom. The molecule has 1 N–H and O–H groups in total. The summed E-state index contributed by atoms with van der Waals surface area (Å²) in [5.74, 6) is -0.224. The number of rotatable bonds is 8. The van der Waals surface area contributed by atoms with Crippen LogP contribution >= 0.6 is 11.6 Å². The standard InChI is InChI=1S/C16H24ClN3O2/c1-13(21)20(11-10-19(2)3)12-16(22)18-9-8-14-4-6-15(17)7-5-14/h4-7H,8-12H2,1-3H3,(H,18,22). The number of amides is 2. The van der Waals surface area contributed by atoms with Crippen LogP contribution in [0.15, 0.2) is 24.3 Å². The van der Waals surface area contributed by atoms with E-state index in [0.29, 0.717) is 18.1 Å². The Morgan fingerprint density at radius 1 is 1.14 bits per heavy atom. The molecule has 0 saturated carbocycles. The Bertz CT molecular complexity index is 489. The molecular formula is C16H24ClN3O2. The fraction of sp³-hybridized carbons (Fsp3) is 0.500. The second-order valence-electron chi connectivity index (χ2n) is 5.47. The van der Waals surface area contributed by atoms with Gasteiger partial charge in [0.2, 0.25) is 11.8 Å². The third-order valence-electron chi connectivity index (χ3n) is 3.25. The molecule has 0 aliphatic rings. The smallest absolute Gasteiger partial charge is 0.239 e. The summed E-state index contributed by atoms with van der Waals surface area (Å²) in [4.78, 5) is 27.0. The first-order valence-electron chi connectivity index (χ1n) is 7.30. The average molecular weight is 326 g/mol. The molecule has 0 fully saturated rings. The molecule has 6 heteroatoms. The fourth-order valence-electron chi connectivity index (χ4n) is 1.90. The topological polar surface area (TPSA) is 52.7 Å². The highest BCUT2D eigenvalue weighted by Crippen LogP contribution is 2.09. The van der Waals surface area contributed by atoms with E-state index < -0.39 is 0 Å². The molecule has 1 rings (SSSR count). The van der Waals surface area contributed by atoms with Crippen molar-refractivity contribution in [3.8, 4) is 0 Å². The number of nitrogens with one attached hydrogen (secondary N) is 1. The van der Waals surface area contributed by atoms with Gasteiger partial charge in [-0.15, -0.1) is 0 Å². The van der Waals surface area contributed by atoms with E-state index in [0.717, 1.165) is 18.5 Å². The highest BCUT2D eigenvalue weighted by atomic mass is 35.5. The molecule has 5 nitrogen and oxygen atoms in total. The van der Waals surface area contributed by atoms with Gasteiger partial charge in [-0.1, -0.05) is 23.7 Å². The van der Waals surface area contributed by atoms with Gasteiger partial charge in [-0.05, 0) is 38.2 Å². The van der Waals surface area contributed by atoms with E-state index in [-0.39, 0.29) is 18.4 Å². The summed E-state index contributed by atoms with van der Waals surface area (Å²) < 4.78 is 0. The Morgan fingerprint density at radius 2 is 1.77 bits per heavy atom. The van der Waals surface area contributed by atoms with Crippen LogP contribution in [0.3, 0.4) is 0 Å². The summed E-state index contributed by atoms with van der Waals surface area (Å²) in [6.07, 6.45) is 0.737. The Balaban J connectivity index is 2.34. The molecule has 0 aromatic heterocycles. The molecule has 1 aromatic carbocycles. The van der Waals surface area contributed by atoms with E-state index in [2.05, 4.69) is 5.32 Å². The van der Waals surface area contributed by atoms with E-state index in [4.69, 9.17) is 11.6 Å². The number of nitrogens with zero attached hydrogens (tertiary/aromatic N) is 2. The highest BCUT2D eigenvalue weighted by Gasteiger charge is 2.13. The zero-order chi connectivity index (χ0) is 16.5. The van der Waals surface area contributed by atoms with Gasteiger partial charge in [0.1, 0.15) is 0 Å². The van der Waals surface area contributed by atoms with Crippen LogP contribution in [0.1, 0.15) is 12.5 Å². The molecule has 1 aromatic rings. The molecule has 22 heavy (non-hydrogen) atoms. The van der Waals surface area contributed by atoms with Crippen LogP contribution in [0.4, 0.5) is 0 Å². The van der Waals surface area contributed by atoms with Crippen molar-refractivity contribution in [1.29, 1.82) is 0 Å². The zero-order valence-electron chi connectivity index (χ0n) is 13.4. The van der Waals surface area contributed by atoms with Gasteiger partial charge in [-0.2, -0.15) is 0 Å². The van der Waals surface area contributed by atoms with Gasteiger partial charge in [0.05, 0.1) is 6.54 Å². The molecule has 0 aliphatic heterocycles. The molecule has 122 valence electrons. The Hall–Kier alpha value is -1.59. The Labute approximate surface area is 137 Å². The molecule has 0 bridgehead atoms. The number of carbonyl (C=O) groups is 2. The van der Waals surface area contributed by atoms with E-state index in [1.165, 1.54) is 6.92 Å². The van der Waals surface area contributed by atoms with Gasteiger partial charge in [0.15, 0.2) is 0 Å². The normalized spacial score (nSPS) is 10.6. The highest BCUT2D eigenvalue weighted by molar-refractivity contribution is 6.30. The summed E-state index contributed by atoms with van der Waals surface area (Å²) in [5, 5.41) is 3.54. The predicted molar refractivity (Wildman–Crippen MR) is 89.0 cm³/mol. The SMILES string of the molecule is CC(=O)N(CCN(C)C)CC(=O)NCCc1ccc(Cl)cc1. The van der Waals surface area contributed by atoms with Crippen molar-refractivity contribution in [2.24, 2.45) is 0 Å². The van der Waals surface area contributed by atoms with Crippen LogP contribution < -0.4 is 5.32 Å². The maximum atomic E-state index is 11.9. The lowest BCUT2D eigenvalue weighted by atomic mass is 10.1. The van der Waals surface area contributed by atoms with Crippen LogP contribution in [0.2, 0.25) is 5.02 Å². The first-order chi connectivity index (χ1) is 10.4. The molecule has 0 atom stereocenters. The number of carbonyl (C=O) groups excluding carboxylic acids is 2. The first kappa shape index (κ1) is 18.5. The lowest BCUT2D eigenvalue weighted by molar-refractivity contribution is -0.134. The number of hydrogen-bond acceptors (Lipinski definition) is 3. The van der Waals surface area contributed by atoms with Gasteiger partial charge < -0.3 is 15.1 Å². The molecule has 0 heterocycles. The van der Waals surface area contributed by atoms with Crippen LogP contribution in [-0.4, -0.2) is 61.9 Å². The van der Waals surface area contributed by atoms with Gasteiger partial charge in [0, 0.05) is 31.6 Å². The van der Waals surface area contributed by atoms with Crippen molar-refractivity contribution in [2.75, 3.05) is 40.3 Å². The fourth-order valence-corrected chi connectivity index (χ4v) is 2.02. The lowest BCUT2D eigenvalue weighted by Gasteiger charge is -2.22. The number of likely N-dealkylation sites (N-methyl/N-ethyl adjacent to an activating group) is 1. The van der Waals surface area contributed by atoms with Crippen molar-refractivity contribution in [2.45, 2.75) is 13.3 Å². The maximum Gasteiger partial charge on any atom is 0.239 e. The summed E-state index contributed by atoms with van der Waals surface area (Å²) in [7, 11) is 3.87. The minimum Gasteiger partial charge on any atom is -0.354 e. The van der Waals surface area contributed by atoms with E-state index in [1.807, 2.05) is 43.3 Å². The molecule has 0 spiro atoms. The number of halogens is 1. The second-order valence-corrected chi connectivity index (χ2v) is 5.91. The first-order valence-corrected chi connectivity index (χ1v) is 7.67. The lowest BCUT2D eigenvalue weighted by Crippen LogP contribution is -2.43. The second kappa shape index (κ2) is 9.43. The molecule has 0 unspecified atom stereocenters. The summed E-state index contributed by atoms with van der Waals surface area (Å²) in [6, 6.07) is 7.54. The summed E-state index contributed by atoms with van der Waals surface area (Å²) >= 11 is 5.82. The molecule has 2 amide bonds. The van der Waals surface area contributed by atoms with Crippen molar-refractivity contribution in [1.82, 2.24) is 15.1 Å². The molecule has 0 saturated heterocycles. The quantitative estimate of drug-likeness (QED) is 0.786. The third-order valence-corrected chi connectivity index (χ3v) is 3.50. The van der Waals surface area contributed by atoms with Crippen molar-refractivity contribution in [3.63, 3.8) is 0 Å². The minimum atomic E-state index is -0.136. The van der Waals surface area contributed by atoms with Crippen molar-refractivity contribution < 1.29 is 9.59 Å². The number of benzene rings is 1. The van der Waals surface area contributed by atoms with Crippen LogP contribution in [0.5, 0.6) is 0 Å². The van der Waals surface area contributed by atoms with Crippen molar-refractivity contribution >= 4 is 23.4 Å². The largest absolute Gasteiger partial charge is 0.354 e. The average Bonchev–Trinajstić information content (AvgIpc) is 2.45.